The first-order valence-corrected chi connectivity index (χ1v) is 13.5. The predicted octanol–water partition coefficient (Wildman–Crippen LogP) is 8.47. The van der Waals surface area contributed by atoms with Gasteiger partial charge in [0.2, 0.25) is 0 Å². The maximum atomic E-state index is 13.1. The Morgan fingerprint density at radius 3 is 2.57 bits per heavy atom. The number of hydrogen-bond donors (Lipinski definition) is 0. The summed E-state index contributed by atoms with van der Waals surface area (Å²) < 4.78 is 12.8. The second-order valence-corrected chi connectivity index (χ2v) is 10.5. The number of imide groups is 1. The first-order chi connectivity index (χ1) is 17.9. The predicted molar refractivity (Wildman–Crippen MR) is 153 cm³/mol. The van der Waals surface area contributed by atoms with E-state index >= 15 is 0 Å². The highest BCUT2D eigenvalue weighted by molar-refractivity contribution is 9.10. The first-order valence-electron chi connectivity index (χ1n) is 11.5. The molecule has 0 unspecified atom stereocenters. The lowest BCUT2D eigenvalue weighted by Crippen LogP contribution is -2.27. The zero-order chi connectivity index (χ0) is 25.9. The van der Waals surface area contributed by atoms with Crippen LogP contribution in [-0.2, 0) is 11.4 Å². The molecule has 1 fully saturated rings. The number of carbonyl (C=O) groups is 2. The average Bonchev–Trinajstić information content (AvgIpc) is 3.16. The van der Waals surface area contributed by atoms with Crippen LogP contribution in [0.1, 0.15) is 18.1 Å². The lowest BCUT2D eigenvalue weighted by Gasteiger charge is -2.16. The Bertz CT molecular complexity index is 1550. The molecular formula is C29H21BrClNO4S. The van der Waals surface area contributed by atoms with E-state index in [1.807, 2.05) is 37.3 Å². The normalized spacial score (nSPS) is 14.6. The molecule has 37 heavy (non-hydrogen) atoms. The fourth-order valence-corrected chi connectivity index (χ4v) is 5.70. The van der Waals surface area contributed by atoms with Crippen molar-refractivity contribution in [1.29, 1.82) is 0 Å². The Kier molecular flexibility index (Phi) is 7.55. The molecule has 4 aromatic carbocycles. The standard InChI is InChI=1S/C29H21BrClNO4S/c1-2-35-25-14-18(15-26-28(33)32(29(34)37-26)22-11-6-10-21(31)16-22)13-24(30)27(25)36-17-20-9-5-8-19-7-3-4-12-23(19)20/h3-16H,2,17H2,1H3/b26-15+. The van der Waals surface area contributed by atoms with Gasteiger partial charge in [-0.2, -0.15) is 0 Å². The highest BCUT2D eigenvalue weighted by atomic mass is 79.9. The Labute approximate surface area is 232 Å². The van der Waals surface area contributed by atoms with Gasteiger partial charge in [-0.05, 0) is 92.9 Å². The van der Waals surface area contributed by atoms with Gasteiger partial charge in [0.15, 0.2) is 11.5 Å². The summed E-state index contributed by atoms with van der Waals surface area (Å²) in [7, 11) is 0. The van der Waals surface area contributed by atoms with Crippen LogP contribution in [0.2, 0.25) is 5.02 Å². The Morgan fingerprint density at radius 1 is 0.973 bits per heavy atom. The van der Waals surface area contributed by atoms with Gasteiger partial charge in [-0.3, -0.25) is 9.59 Å². The summed E-state index contributed by atoms with van der Waals surface area (Å²) in [5.41, 5.74) is 2.20. The molecule has 0 radical (unpaired) electrons. The number of rotatable bonds is 7. The van der Waals surface area contributed by atoms with Crippen molar-refractivity contribution in [1.82, 2.24) is 0 Å². The highest BCUT2D eigenvalue weighted by Gasteiger charge is 2.36. The minimum Gasteiger partial charge on any atom is -0.490 e. The molecule has 1 aliphatic heterocycles. The number of amides is 2. The molecule has 0 aliphatic carbocycles. The maximum absolute atomic E-state index is 13.1. The smallest absolute Gasteiger partial charge is 0.298 e. The third kappa shape index (κ3) is 5.39. The molecule has 8 heteroatoms. The average molecular weight is 595 g/mol. The van der Waals surface area contributed by atoms with Gasteiger partial charge in [0.25, 0.3) is 11.1 Å². The van der Waals surface area contributed by atoms with Crippen molar-refractivity contribution in [3.63, 3.8) is 0 Å². The van der Waals surface area contributed by atoms with Crippen LogP contribution in [0.5, 0.6) is 11.5 Å². The number of nitrogens with zero attached hydrogens (tertiary/aromatic N) is 1. The molecule has 0 saturated carbocycles. The van der Waals surface area contributed by atoms with E-state index in [0.717, 1.165) is 33.0 Å². The fourth-order valence-electron chi connectivity index (χ4n) is 4.10. The number of anilines is 1. The second-order valence-electron chi connectivity index (χ2n) is 8.19. The third-order valence-electron chi connectivity index (χ3n) is 5.74. The summed E-state index contributed by atoms with van der Waals surface area (Å²) in [5, 5.41) is 2.35. The summed E-state index contributed by atoms with van der Waals surface area (Å²) in [6, 6.07) is 24.6. The molecular weight excluding hydrogens is 574 g/mol. The number of halogens is 2. The van der Waals surface area contributed by atoms with E-state index in [1.165, 1.54) is 0 Å². The molecule has 4 aromatic rings. The Balaban J connectivity index is 1.42. The van der Waals surface area contributed by atoms with Crippen LogP contribution < -0.4 is 14.4 Å². The fraction of sp³-hybridized carbons (Fsp3) is 0.103. The minimum atomic E-state index is -0.400. The summed E-state index contributed by atoms with van der Waals surface area (Å²) in [5.74, 6) is 0.707. The molecule has 5 nitrogen and oxygen atoms in total. The highest BCUT2D eigenvalue weighted by Crippen LogP contribution is 2.41. The van der Waals surface area contributed by atoms with Crippen molar-refractivity contribution in [3.8, 4) is 11.5 Å². The largest absolute Gasteiger partial charge is 0.490 e. The number of ether oxygens (including phenoxy) is 2. The van der Waals surface area contributed by atoms with Gasteiger partial charge in [0.05, 0.1) is 21.7 Å². The van der Waals surface area contributed by atoms with Crippen LogP contribution in [0.15, 0.2) is 88.2 Å². The number of fused-ring (bicyclic) bond motifs is 1. The SMILES string of the molecule is CCOc1cc(/C=C2/SC(=O)N(c3cccc(Cl)c3)C2=O)cc(Br)c1OCc1cccc2ccccc12. The molecule has 5 rings (SSSR count). The number of carbonyl (C=O) groups excluding carboxylic acids is 2. The van der Waals surface area contributed by atoms with Gasteiger partial charge in [-0.1, -0.05) is 60.1 Å². The molecule has 1 saturated heterocycles. The van der Waals surface area contributed by atoms with Crippen molar-refractivity contribution in [3.05, 3.63) is 104 Å². The van der Waals surface area contributed by atoms with E-state index < -0.39 is 5.91 Å². The number of hydrogen-bond acceptors (Lipinski definition) is 5. The lowest BCUT2D eigenvalue weighted by atomic mass is 10.1. The van der Waals surface area contributed by atoms with Gasteiger partial charge in [0, 0.05) is 5.02 Å². The van der Waals surface area contributed by atoms with Gasteiger partial charge in [-0.25, -0.2) is 4.90 Å². The lowest BCUT2D eigenvalue weighted by molar-refractivity contribution is -0.113. The van der Waals surface area contributed by atoms with Crippen molar-refractivity contribution in [2.45, 2.75) is 13.5 Å². The molecule has 0 aromatic heterocycles. The summed E-state index contributed by atoms with van der Waals surface area (Å²) >= 11 is 10.5. The first kappa shape index (κ1) is 25.4. The van der Waals surface area contributed by atoms with Gasteiger partial charge >= 0.3 is 0 Å². The zero-order valence-electron chi connectivity index (χ0n) is 19.7. The number of benzene rings is 4. The van der Waals surface area contributed by atoms with E-state index in [4.69, 9.17) is 21.1 Å². The van der Waals surface area contributed by atoms with Crippen molar-refractivity contribution in [2.24, 2.45) is 0 Å². The maximum Gasteiger partial charge on any atom is 0.298 e. The van der Waals surface area contributed by atoms with Crippen LogP contribution in [0.4, 0.5) is 10.5 Å². The van der Waals surface area contributed by atoms with Crippen LogP contribution in [0, 0.1) is 0 Å². The third-order valence-corrected chi connectivity index (χ3v) is 7.44. The molecule has 1 aliphatic rings. The molecule has 0 bridgehead atoms. The van der Waals surface area contributed by atoms with Crippen molar-refractivity contribution in [2.75, 3.05) is 11.5 Å². The van der Waals surface area contributed by atoms with Gasteiger partial charge in [-0.15, -0.1) is 0 Å². The van der Waals surface area contributed by atoms with Crippen molar-refractivity contribution >= 4 is 73.0 Å². The topological polar surface area (TPSA) is 55.8 Å². The van der Waals surface area contributed by atoms with Gasteiger partial charge in [0.1, 0.15) is 6.61 Å². The van der Waals surface area contributed by atoms with E-state index in [2.05, 4.69) is 34.1 Å². The van der Waals surface area contributed by atoms with E-state index in [1.54, 1.807) is 36.4 Å². The molecule has 0 spiro atoms. The van der Waals surface area contributed by atoms with Crippen LogP contribution in [0.3, 0.4) is 0 Å². The second kappa shape index (κ2) is 11.0. The number of thioether (sulfide) groups is 1. The van der Waals surface area contributed by atoms with E-state index in [-0.39, 0.29) is 5.24 Å². The molecule has 0 N–H and O–H groups in total. The van der Waals surface area contributed by atoms with Crippen LogP contribution in [-0.4, -0.2) is 17.8 Å². The van der Waals surface area contributed by atoms with E-state index in [0.29, 0.717) is 50.4 Å². The molecule has 186 valence electrons. The Hall–Kier alpha value is -3.26. The molecule has 1 heterocycles. The quantitative estimate of drug-likeness (QED) is 0.201. The monoisotopic (exact) mass is 593 g/mol. The minimum absolute atomic E-state index is 0.309. The summed E-state index contributed by atoms with van der Waals surface area (Å²) in [6.45, 7) is 2.69. The molecule has 2 amide bonds. The summed E-state index contributed by atoms with van der Waals surface area (Å²) in [6.07, 6.45) is 1.68. The Morgan fingerprint density at radius 2 is 1.76 bits per heavy atom. The van der Waals surface area contributed by atoms with Gasteiger partial charge < -0.3 is 9.47 Å². The molecule has 0 atom stereocenters. The van der Waals surface area contributed by atoms with Crippen LogP contribution >= 0.6 is 39.3 Å². The van der Waals surface area contributed by atoms with Crippen LogP contribution in [0.25, 0.3) is 16.8 Å². The van der Waals surface area contributed by atoms with E-state index in [9.17, 15) is 9.59 Å². The summed E-state index contributed by atoms with van der Waals surface area (Å²) in [4.78, 5) is 27.1. The zero-order valence-corrected chi connectivity index (χ0v) is 22.9. The van der Waals surface area contributed by atoms with Crippen molar-refractivity contribution < 1.29 is 19.1 Å².